The van der Waals surface area contributed by atoms with Gasteiger partial charge in [0.25, 0.3) is 5.91 Å². The number of carbonyl (C=O) groups is 3. The Morgan fingerprint density at radius 3 is 2.50 bits per heavy atom. The predicted octanol–water partition coefficient (Wildman–Crippen LogP) is 1.30. The van der Waals surface area contributed by atoms with Crippen molar-refractivity contribution in [1.29, 1.82) is 0 Å². The summed E-state index contributed by atoms with van der Waals surface area (Å²) in [5.41, 5.74) is 0.735. The van der Waals surface area contributed by atoms with E-state index in [1.54, 1.807) is 24.3 Å². The lowest BCUT2D eigenvalue weighted by Crippen LogP contribution is -2.31. The van der Waals surface area contributed by atoms with Gasteiger partial charge in [-0.3, -0.25) is 4.79 Å². The Morgan fingerprint density at radius 2 is 1.82 bits per heavy atom. The van der Waals surface area contributed by atoms with Crippen molar-refractivity contribution in [3.05, 3.63) is 53.2 Å². The van der Waals surface area contributed by atoms with Gasteiger partial charge in [0.15, 0.2) is 0 Å². The standard InChI is InChI=1S/C20H20N2O6/c1-27-19(25)14-8-7-12-5-3-4-6-13(12)16(14)21-17-15(20(26)28-2)11-22(9-10-23)18(17)24/h3-8,21,23H,9-11H2,1-2H3. The van der Waals surface area contributed by atoms with E-state index in [0.29, 0.717) is 11.1 Å². The van der Waals surface area contributed by atoms with Crippen molar-refractivity contribution < 1.29 is 29.0 Å². The molecule has 8 heteroatoms. The molecule has 0 saturated carbocycles. The SMILES string of the molecule is COC(=O)C1=C(Nc2c(C(=O)OC)ccc3ccccc23)C(=O)N(CCO)C1. The number of aliphatic hydroxyl groups is 1. The van der Waals surface area contributed by atoms with E-state index in [0.717, 1.165) is 5.39 Å². The molecule has 8 nitrogen and oxygen atoms in total. The molecule has 1 aliphatic heterocycles. The third kappa shape index (κ3) is 3.41. The summed E-state index contributed by atoms with van der Waals surface area (Å²) in [7, 11) is 2.49. The van der Waals surface area contributed by atoms with E-state index >= 15 is 0 Å². The van der Waals surface area contributed by atoms with E-state index in [9.17, 15) is 19.5 Å². The van der Waals surface area contributed by atoms with Gasteiger partial charge >= 0.3 is 11.9 Å². The summed E-state index contributed by atoms with van der Waals surface area (Å²) in [5.74, 6) is -1.69. The lowest BCUT2D eigenvalue weighted by Gasteiger charge is -2.17. The molecule has 0 saturated heterocycles. The van der Waals surface area contributed by atoms with Gasteiger partial charge in [-0.1, -0.05) is 30.3 Å². The molecule has 146 valence electrons. The van der Waals surface area contributed by atoms with Crippen molar-refractivity contribution in [1.82, 2.24) is 4.90 Å². The number of hydrogen-bond donors (Lipinski definition) is 2. The summed E-state index contributed by atoms with van der Waals surface area (Å²) in [5, 5.41) is 13.7. The van der Waals surface area contributed by atoms with E-state index in [-0.39, 0.29) is 36.5 Å². The molecule has 0 aromatic heterocycles. The number of β-amino-alcohol motifs (C(OH)–C–C–N with tert-alkyl or cyclic N) is 1. The van der Waals surface area contributed by atoms with Gasteiger partial charge in [-0.25, -0.2) is 9.59 Å². The lowest BCUT2D eigenvalue weighted by molar-refractivity contribution is -0.136. The summed E-state index contributed by atoms with van der Waals surface area (Å²) in [6.45, 7) is -0.161. The molecule has 2 N–H and O–H groups in total. The van der Waals surface area contributed by atoms with Gasteiger partial charge < -0.3 is 24.8 Å². The van der Waals surface area contributed by atoms with Crippen molar-refractivity contribution in [3.63, 3.8) is 0 Å². The fraction of sp³-hybridized carbons (Fsp3) is 0.250. The number of fused-ring (bicyclic) bond motifs is 1. The molecule has 3 rings (SSSR count). The average molecular weight is 384 g/mol. The Hall–Kier alpha value is -3.39. The number of nitrogens with zero attached hydrogens (tertiary/aromatic N) is 1. The van der Waals surface area contributed by atoms with Crippen LogP contribution in [0.2, 0.25) is 0 Å². The van der Waals surface area contributed by atoms with Gasteiger partial charge in [0.2, 0.25) is 0 Å². The molecule has 1 heterocycles. The normalized spacial score (nSPS) is 13.8. The molecule has 2 aromatic carbocycles. The number of carbonyl (C=O) groups excluding carboxylic acids is 3. The highest BCUT2D eigenvalue weighted by Crippen LogP contribution is 2.31. The molecule has 0 fully saturated rings. The molecule has 0 bridgehead atoms. The van der Waals surface area contributed by atoms with Gasteiger partial charge in [0, 0.05) is 11.9 Å². The first kappa shape index (κ1) is 19.4. The Bertz CT molecular complexity index is 982. The minimum absolute atomic E-state index is 0.00667. The first-order valence-electron chi connectivity index (χ1n) is 8.60. The molecule has 0 radical (unpaired) electrons. The summed E-state index contributed by atoms with van der Waals surface area (Å²) in [6.07, 6.45) is 0. The molecule has 1 aliphatic rings. The topological polar surface area (TPSA) is 105 Å². The molecule has 0 spiro atoms. The van der Waals surface area contributed by atoms with Crippen molar-refractivity contribution >= 4 is 34.3 Å². The second kappa shape index (κ2) is 8.10. The van der Waals surface area contributed by atoms with Crippen LogP contribution in [0.25, 0.3) is 10.8 Å². The van der Waals surface area contributed by atoms with Crippen LogP contribution in [0.4, 0.5) is 5.69 Å². The highest BCUT2D eigenvalue weighted by atomic mass is 16.5. The Kier molecular flexibility index (Phi) is 5.60. The zero-order valence-corrected chi connectivity index (χ0v) is 15.5. The molecule has 0 atom stereocenters. The van der Waals surface area contributed by atoms with Gasteiger partial charge in [-0.05, 0) is 11.5 Å². The quantitative estimate of drug-likeness (QED) is 0.723. The summed E-state index contributed by atoms with van der Waals surface area (Å²) >= 11 is 0. The van der Waals surface area contributed by atoms with Crippen LogP contribution in [0.3, 0.4) is 0 Å². The molecule has 28 heavy (non-hydrogen) atoms. The maximum Gasteiger partial charge on any atom is 0.339 e. The average Bonchev–Trinajstić information content (AvgIpc) is 3.03. The molecular formula is C20H20N2O6. The Morgan fingerprint density at radius 1 is 1.11 bits per heavy atom. The van der Waals surface area contributed by atoms with Crippen LogP contribution in [0.15, 0.2) is 47.7 Å². The van der Waals surface area contributed by atoms with Crippen molar-refractivity contribution in [2.45, 2.75) is 0 Å². The van der Waals surface area contributed by atoms with Crippen LogP contribution in [-0.4, -0.2) is 61.8 Å². The second-order valence-electron chi connectivity index (χ2n) is 6.12. The number of aliphatic hydroxyl groups excluding tert-OH is 1. The number of ether oxygens (including phenoxy) is 2. The highest BCUT2D eigenvalue weighted by Gasteiger charge is 2.35. The minimum Gasteiger partial charge on any atom is -0.466 e. The lowest BCUT2D eigenvalue weighted by atomic mass is 10.0. The molecule has 0 aliphatic carbocycles. The fourth-order valence-corrected chi connectivity index (χ4v) is 3.16. The van der Waals surface area contributed by atoms with E-state index < -0.39 is 17.8 Å². The number of esters is 2. The summed E-state index contributed by atoms with van der Waals surface area (Å²) < 4.78 is 9.65. The molecular weight excluding hydrogens is 364 g/mol. The summed E-state index contributed by atoms with van der Waals surface area (Å²) in [6, 6.07) is 10.7. The Labute approximate surface area is 161 Å². The number of methoxy groups -OCH3 is 2. The van der Waals surface area contributed by atoms with E-state index in [4.69, 9.17) is 9.47 Å². The molecule has 1 amide bonds. The number of nitrogens with one attached hydrogen (secondary N) is 1. The largest absolute Gasteiger partial charge is 0.466 e. The molecule has 2 aromatic rings. The van der Waals surface area contributed by atoms with Crippen LogP contribution >= 0.6 is 0 Å². The van der Waals surface area contributed by atoms with E-state index in [1.807, 2.05) is 12.1 Å². The van der Waals surface area contributed by atoms with Gasteiger partial charge in [-0.15, -0.1) is 0 Å². The molecule has 0 unspecified atom stereocenters. The van der Waals surface area contributed by atoms with Crippen LogP contribution in [-0.2, 0) is 19.1 Å². The van der Waals surface area contributed by atoms with Crippen LogP contribution in [0.5, 0.6) is 0 Å². The van der Waals surface area contributed by atoms with E-state index in [2.05, 4.69) is 5.32 Å². The van der Waals surface area contributed by atoms with Crippen LogP contribution < -0.4 is 5.32 Å². The maximum absolute atomic E-state index is 12.8. The van der Waals surface area contributed by atoms with Crippen molar-refractivity contribution in [2.75, 3.05) is 39.2 Å². The van der Waals surface area contributed by atoms with Gasteiger partial charge in [0.05, 0.1) is 44.2 Å². The smallest absolute Gasteiger partial charge is 0.339 e. The predicted molar refractivity (Wildman–Crippen MR) is 102 cm³/mol. The second-order valence-corrected chi connectivity index (χ2v) is 6.12. The summed E-state index contributed by atoms with van der Waals surface area (Å²) in [4.78, 5) is 38.6. The number of rotatable bonds is 6. The van der Waals surface area contributed by atoms with Crippen molar-refractivity contribution in [3.8, 4) is 0 Å². The van der Waals surface area contributed by atoms with Crippen molar-refractivity contribution in [2.24, 2.45) is 0 Å². The zero-order valence-electron chi connectivity index (χ0n) is 15.5. The van der Waals surface area contributed by atoms with Gasteiger partial charge in [0.1, 0.15) is 5.70 Å². The maximum atomic E-state index is 12.8. The number of amides is 1. The number of benzene rings is 2. The zero-order chi connectivity index (χ0) is 20.3. The minimum atomic E-state index is -0.656. The van der Waals surface area contributed by atoms with Gasteiger partial charge in [-0.2, -0.15) is 0 Å². The van der Waals surface area contributed by atoms with E-state index in [1.165, 1.54) is 19.1 Å². The monoisotopic (exact) mass is 384 g/mol. The third-order valence-corrected chi connectivity index (χ3v) is 4.54. The third-order valence-electron chi connectivity index (χ3n) is 4.54. The number of hydrogen-bond acceptors (Lipinski definition) is 7. The number of anilines is 1. The fourth-order valence-electron chi connectivity index (χ4n) is 3.16. The van der Waals surface area contributed by atoms with Crippen LogP contribution in [0.1, 0.15) is 10.4 Å². The first-order valence-corrected chi connectivity index (χ1v) is 8.60. The Balaban J connectivity index is 2.15. The first-order chi connectivity index (χ1) is 13.5. The van der Waals surface area contributed by atoms with Crippen LogP contribution in [0, 0.1) is 0 Å². The highest BCUT2D eigenvalue weighted by molar-refractivity contribution is 6.13.